The first-order valence-corrected chi connectivity index (χ1v) is 8.96. The van der Waals surface area contributed by atoms with Gasteiger partial charge in [-0.2, -0.15) is 0 Å². The lowest BCUT2D eigenvalue weighted by atomic mass is 10.1. The first-order chi connectivity index (χ1) is 13.0. The molecule has 6 heteroatoms. The lowest BCUT2D eigenvalue weighted by molar-refractivity contribution is -0.123. The number of methoxy groups -OCH3 is 1. The van der Waals surface area contributed by atoms with Crippen LogP contribution in [0.1, 0.15) is 18.5 Å². The van der Waals surface area contributed by atoms with E-state index < -0.39 is 0 Å². The molecule has 0 aliphatic carbocycles. The second-order valence-electron chi connectivity index (χ2n) is 6.25. The highest BCUT2D eigenvalue weighted by Gasteiger charge is 2.16. The molecule has 0 fully saturated rings. The molecule has 0 aromatic heterocycles. The molecule has 2 rings (SSSR count). The highest BCUT2D eigenvalue weighted by molar-refractivity contribution is 5.77. The Bertz CT molecular complexity index is 716. The van der Waals surface area contributed by atoms with E-state index in [4.69, 9.17) is 14.2 Å². The zero-order valence-corrected chi connectivity index (χ0v) is 16.4. The summed E-state index contributed by atoms with van der Waals surface area (Å²) in [4.78, 5) is 14.2. The highest BCUT2D eigenvalue weighted by atomic mass is 16.5. The van der Waals surface area contributed by atoms with E-state index in [9.17, 15) is 4.79 Å². The molecule has 6 nitrogen and oxygen atoms in total. The maximum Gasteiger partial charge on any atom is 0.258 e. The third-order valence-electron chi connectivity index (χ3n) is 4.10. The SMILES string of the molecule is CCOc1ccc(OCC(=O)NCC(c2cccc(OC)c2)N(C)C)cc1. The lowest BCUT2D eigenvalue weighted by Crippen LogP contribution is -2.36. The fourth-order valence-corrected chi connectivity index (χ4v) is 2.66. The van der Waals surface area contributed by atoms with Crippen molar-refractivity contribution >= 4 is 5.91 Å². The van der Waals surface area contributed by atoms with Gasteiger partial charge < -0.3 is 24.4 Å². The van der Waals surface area contributed by atoms with Crippen LogP contribution >= 0.6 is 0 Å². The second-order valence-corrected chi connectivity index (χ2v) is 6.25. The van der Waals surface area contributed by atoms with Gasteiger partial charge in [0.05, 0.1) is 19.8 Å². The fourth-order valence-electron chi connectivity index (χ4n) is 2.66. The van der Waals surface area contributed by atoms with Gasteiger partial charge in [0.15, 0.2) is 6.61 Å². The molecule has 1 atom stereocenters. The van der Waals surface area contributed by atoms with Crippen molar-refractivity contribution in [1.29, 1.82) is 0 Å². The molecule has 1 N–H and O–H groups in total. The van der Waals surface area contributed by atoms with Crippen LogP contribution < -0.4 is 19.5 Å². The Balaban J connectivity index is 1.86. The first-order valence-electron chi connectivity index (χ1n) is 8.96. The van der Waals surface area contributed by atoms with Crippen LogP contribution in [0.4, 0.5) is 0 Å². The summed E-state index contributed by atoms with van der Waals surface area (Å²) in [7, 11) is 5.60. The Morgan fingerprint density at radius 2 is 1.70 bits per heavy atom. The van der Waals surface area contributed by atoms with Crippen molar-refractivity contribution in [3.63, 3.8) is 0 Å². The van der Waals surface area contributed by atoms with Crippen LogP contribution in [-0.2, 0) is 4.79 Å². The molecule has 0 aliphatic heterocycles. The second kappa shape index (κ2) is 10.4. The standard InChI is InChI=1S/C21H28N2O4/c1-5-26-17-9-11-18(12-10-17)27-15-21(24)22-14-20(23(2)3)16-7-6-8-19(13-16)25-4/h6-13,20H,5,14-15H2,1-4H3,(H,22,24). The van der Waals surface area contributed by atoms with Gasteiger partial charge in [0.2, 0.25) is 0 Å². The minimum atomic E-state index is -0.168. The van der Waals surface area contributed by atoms with Crippen LogP contribution in [0.15, 0.2) is 48.5 Å². The van der Waals surface area contributed by atoms with Crippen LogP contribution in [0, 0.1) is 0 Å². The summed E-state index contributed by atoms with van der Waals surface area (Å²) in [5.41, 5.74) is 1.08. The zero-order valence-electron chi connectivity index (χ0n) is 16.4. The van der Waals surface area contributed by atoms with Gasteiger partial charge in [-0.05, 0) is 63.0 Å². The van der Waals surface area contributed by atoms with E-state index in [0.29, 0.717) is 18.9 Å². The van der Waals surface area contributed by atoms with Crippen LogP contribution in [0.2, 0.25) is 0 Å². The molecule has 0 heterocycles. The fraction of sp³-hybridized carbons (Fsp3) is 0.381. The number of nitrogens with one attached hydrogen (secondary N) is 1. The topological polar surface area (TPSA) is 60.0 Å². The molecule has 1 amide bonds. The number of carbonyl (C=O) groups excluding carboxylic acids is 1. The third-order valence-corrected chi connectivity index (χ3v) is 4.10. The summed E-state index contributed by atoms with van der Waals surface area (Å²) >= 11 is 0. The Kier molecular flexibility index (Phi) is 7.95. The summed E-state index contributed by atoms with van der Waals surface area (Å²) in [5.74, 6) is 2.04. The molecule has 146 valence electrons. The number of rotatable bonds is 10. The van der Waals surface area contributed by atoms with E-state index in [1.165, 1.54) is 0 Å². The highest BCUT2D eigenvalue weighted by Crippen LogP contribution is 2.22. The number of likely N-dealkylation sites (N-methyl/N-ethyl adjacent to an activating group) is 1. The van der Waals surface area contributed by atoms with Crippen molar-refractivity contribution in [3.05, 3.63) is 54.1 Å². The summed E-state index contributed by atoms with van der Waals surface area (Å²) in [6, 6.07) is 15.1. The van der Waals surface area contributed by atoms with Crippen molar-refractivity contribution in [2.24, 2.45) is 0 Å². The molecule has 0 saturated heterocycles. The van der Waals surface area contributed by atoms with Crippen LogP contribution in [0.3, 0.4) is 0 Å². The van der Waals surface area contributed by atoms with Crippen LogP contribution in [0.25, 0.3) is 0 Å². The Morgan fingerprint density at radius 3 is 2.30 bits per heavy atom. The molecular formula is C21H28N2O4. The number of hydrogen-bond donors (Lipinski definition) is 1. The molecule has 1 unspecified atom stereocenters. The molecule has 0 radical (unpaired) electrons. The Morgan fingerprint density at radius 1 is 1.04 bits per heavy atom. The van der Waals surface area contributed by atoms with Crippen LogP contribution in [-0.4, -0.2) is 51.8 Å². The third kappa shape index (κ3) is 6.49. The monoisotopic (exact) mass is 372 g/mol. The van der Waals surface area contributed by atoms with Gasteiger partial charge in [0.1, 0.15) is 17.2 Å². The van der Waals surface area contributed by atoms with Crippen LogP contribution in [0.5, 0.6) is 17.2 Å². The van der Waals surface area contributed by atoms with E-state index in [2.05, 4.69) is 10.2 Å². The Hall–Kier alpha value is -2.73. The van der Waals surface area contributed by atoms with Crippen molar-refractivity contribution in [3.8, 4) is 17.2 Å². The summed E-state index contributed by atoms with van der Waals surface area (Å²) in [6.07, 6.45) is 0. The number of carbonyl (C=O) groups is 1. The minimum Gasteiger partial charge on any atom is -0.497 e. The molecule has 2 aromatic carbocycles. The Labute approximate surface area is 161 Å². The lowest BCUT2D eigenvalue weighted by Gasteiger charge is -2.25. The maximum absolute atomic E-state index is 12.2. The quantitative estimate of drug-likeness (QED) is 0.695. The van der Waals surface area contributed by atoms with Crippen molar-refractivity contribution in [2.45, 2.75) is 13.0 Å². The number of ether oxygens (including phenoxy) is 3. The average molecular weight is 372 g/mol. The smallest absolute Gasteiger partial charge is 0.258 e. The van der Waals surface area contributed by atoms with Gasteiger partial charge in [-0.25, -0.2) is 0 Å². The van der Waals surface area contributed by atoms with E-state index in [1.807, 2.05) is 57.4 Å². The van der Waals surface area contributed by atoms with E-state index in [1.54, 1.807) is 19.2 Å². The zero-order chi connectivity index (χ0) is 19.6. The molecule has 0 spiro atoms. The van der Waals surface area contributed by atoms with Gasteiger partial charge in [0, 0.05) is 6.54 Å². The predicted molar refractivity (Wildman–Crippen MR) is 106 cm³/mol. The van der Waals surface area contributed by atoms with Gasteiger partial charge in [0.25, 0.3) is 5.91 Å². The normalized spacial score (nSPS) is 11.7. The number of amides is 1. The van der Waals surface area contributed by atoms with Gasteiger partial charge in [-0.15, -0.1) is 0 Å². The van der Waals surface area contributed by atoms with Crippen molar-refractivity contribution in [2.75, 3.05) is 41.0 Å². The van der Waals surface area contributed by atoms with E-state index in [0.717, 1.165) is 17.1 Å². The van der Waals surface area contributed by atoms with Crippen molar-refractivity contribution in [1.82, 2.24) is 10.2 Å². The molecule has 0 bridgehead atoms. The number of hydrogen-bond acceptors (Lipinski definition) is 5. The molecule has 2 aromatic rings. The molecule has 0 aliphatic rings. The van der Waals surface area contributed by atoms with Gasteiger partial charge in [-0.3, -0.25) is 4.79 Å². The molecule has 0 saturated carbocycles. The summed E-state index contributed by atoms with van der Waals surface area (Å²) in [5, 5.41) is 2.93. The van der Waals surface area contributed by atoms with E-state index >= 15 is 0 Å². The van der Waals surface area contributed by atoms with E-state index in [-0.39, 0.29) is 18.6 Å². The number of nitrogens with zero attached hydrogens (tertiary/aromatic N) is 1. The minimum absolute atomic E-state index is 0.0355. The summed E-state index contributed by atoms with van der Waals surface area (Å²) < 4.78 is 16.2. The maximum atomic E-state index is 12.2. The summed E-state index contributed by atoms with van der Waals surface area (Å²) in [6.45, 7) is 2.99. The van der Waals surface area contributed by atoms with Gasteiger partial charge in [-0.1, -0.05) is 12.1 Å². The largest absolute Gasteiger partial charge is 0.497 e. The average Bonchev–Trinajstić information content (AvgIpc) is 2.68. The first kappa shape index (κ1) is 20.6. The molecular weight excluding hydrogens is 344 g/mol. The molecule has 27 heavy (non-hydrogen) atoms. The van der Waals surface area contributed by atoms with Crippen molar-refractivity contribution < 1.29 is 19.0 Å². The number of benzene rings is 2. The van der Waals surface area contributed by atoms with Gasteiger partial charge >= 0.3 is 0 Å². The predicted octanol–water partition coefficient (Wildman–Crippen LogP) is 2.89.